The second-order valence-corrected chi connectivity index (χ2v) is 5.72. The smallest absolute Gasteiger partial charge is 0.0389 e. The van der Waals surface area contributed by atoms with Gasteiger partial charge in [0, 0.05) is 15.8 Å². The molecule has 1 heterocycles. The van der Waals surface area contributed by atoms with Crippen LogP contribution in [0.5, 0.6) is 0 Å². The summed E-state index contributed by atoms with van der Waals surface area (Å²) in [6, 6.07) is 13.2. The zero-order valence-corrected chi connectivity index (χ0v) is 12.0. The van der Waals surface area contributed by atoms with Crippen molar-refractivity contribution in [2.24, 2.45) is 5.73 Å². The van der Waals surface area contributed by atoms with E-state index in [1.54, 1.807) is 0 Å². The lowest BCUT2D eigenvalue weighted by Crippen LogP contribution is -2.07. The molecule has 96 valence electrons. The van der Waals surface area contributed by atoms with Crippen LogP contribution in [-0.2, 0) is 6.42 Å². The Hall–Kier alpha value is -1.12. The molecule has 2 aromatic rings. The zero-order valence-electron chi connectivity index (χ0n) is 11.1. The molecule has 1 unspecified atom stereocenters. The SMILES string of the molecule is CCCC(N)c1ccc(-c2ccccc2CC)s1. The Balaban J connectivity index is 2.29. The van der Waals surface area contributed by atoms with Crippen LogP contribution in [0.1, 0.15) is 43.2 Å². The number of benzene rings is 1. The molecular weight excluding hydrogens is 238 g/mol. The summed E-state index contributed by atoms with van der Waals surface area (Å²) in [7, 11) is 0. The van der Waals surface area contributed by atoms with Gasteiger partial charge in [0.2, 0.25) is 0 Å². The lowest BCUT2D eigenvalue weighted by Gasteiger charge is -2.07. The van der Waals surface area contributed by atoms with E-state index in [4.69, 9.17) is 5.73 Å². The van der Waals surface area contributed by atoms with Gasteiger partial charge in [-0.1, -0.05) is 44.5 Å². The second kappa shape index (κ2) is 6.17. The van der Waals surface area contributed by atoms with Gasteiger partial charge < -0.3 is 5.73 Å². The van der Waals surface area contributed by atoms with Gasteiger partial charge in [-0.3, -0.25) is 0 Å². The topological polar surface area (TPSA) is 26.0 Å². The molecule has 1 aromatic heterocycles. The summed E-state index contributed by atoms with van der Waals surface area (Å²) in [6.07, 6.45) is 3.28. The summed E-state index contributed by atoms with van der Waals surface area (Å²) in [5, 5.41) is 0. The molecule has 0 aliphatic heterocycles. The Bertz CT molecular complexity index is 501. The first-order valence-corrected chi connectivity index (χ1v) is 7.51. The number of nitrogens with two attached hydrogens (primary N) is 1. The van der Waals surface area contributed by atoms with E-state index in [9.17, 15) is 0 Å². The first-order valence-electron chi connectivity index (χ1n) is 6.69. The van der Waals surface area contributed by atoms with Gasteiger partial charge in [0.05, 0.1) is 0 Å². The van der Waals surface area contributed by atoms with E-state index >= 15 is 0 Å². The second-order valence-electron chi connectivity index (χ2n) is 4.61. The fourth-order valence-corrected chi connectivity index (χ4v) is 3.32. The summed E-state index contributed by atoms with van der Waals surface area (Å²) in [6.45, 7) is 4.39. The van der Waals surface area contributed by atoms with Crippen molar-refractivity contribution in [3.63, 3.8) is 0 Å². The van der Waals surface area contributed by atoms with Gasteiger partial charge in [0.15, 0.2) is 0 Å². The molecule has 18 heavy (non-hydrogen) atoms. The Kier molecular flexibility index (Phi) is 4.56. The van der Waals surface area contributed by atoms with Crippen LogP contribution in [0.3, 0.4) is 0 Å². The largest absolute Gasteiger partial charge is 0.323 e. The zero-order chi connectivity index (χ0) is 13.0. The summed E-state index contributed by atoms with van der Waals surface area (Å²) in [4.78, 5) is 2.65. The predicted octanol–water partition coefficient (Wildman–Crippen LogP) is 4.78. The van der Waals surface area contributed by atoms with Crippen LogP contribution in [-0.4, -0.2) is 0 Å². The predicted molar refractivity (Wildman–Crippen MR) is 81.0 cm³/mol. The quantitative estimate of drug-likeness (QED) is 0.821. The highest BCUT2D eigenvalue weighted by molar-refractivity contribution is 7.15. The molecule has 2 rings (SSSR count). The fourth-order valence-electron chi connectivity index (χ4n) is 2.22. The van der Waals surface area contributed by atoms with Crippen molar-refractivity contribution in [3.8, 4) is 10.4 Å². The van der Waals surface area contributed by atoms with E-state index in [1.165, 1.54) is 20.9 Å². The molecule has 0 saturated heterocycles. The van der Waals surface area contributed by atoms with Gasteiger partial charge in [0.1, 0.15) is 0 Å². The van der Waals surface area contributed by atoms with Gasteiger partial charge in [0.25, 0.3) is 0 Å². The third-order valence-corrected chi connectivity index (χ3v) is 4.51. The van der Waals surface area contributed by atoms with Gasteiger partial charge in [-0.25, -0.2) is 0 Å². The molecule has 0 spiro atoms. The Morgan fingerprint density at radius 3 is 2.61 bits per heavy atom. The Morgan fingerprint density at radius 1 is 1.11 bits per heavy atom. The van der Waals surface area contributed by atoms with E-state index < -0.39 is 0 Å². The molecule has 0 radical (unpaired) electrons. The van der Waals surface area contributed by atoms with Crippen molar-refractivity contribution in [1.29, 1.82) is 0 Å². The highest BCUT2D eigenvalue weighted by atomic mass is 32.1. The van der Waals surface area contributed by atoms with E-state index in [0.29, 0.717) is 0 Å². The molecule has 0 bridgehead atoms. The van der Waals surface area contributed by atoms with Crippen LogP contribution in [0, 0.1) is 0 Å². The van der Waals surface area contributed by atoms with Crippen molar-refractivity contribution >= 4 is 11.3 Å². The van der Waals surface area contributed by atoms with Gasteiger partial charge in [-0.15, -0.1) is 11.3 Å². The summed E-state index contributed by atoms with van der Waals surface area (Å²) in [5.74, 6) is 0. The third-order valence-electron chi connectivity index (χ3n) is 3.26. The Morgan fingerprint density at radius 2 is 1.89 bits per heavy atom. The third kappa shape index (κ3) is 2.82. The van der Waals surface area contributed by atoms with Crippen LogP contribution in [0.2, 0.25) is 0 Å². The maximum atomic E-state index is 6.18. The van der Waals surface area contributed by atoms with Crippen molar-refractivity contribution in [2.75, 3.05) is 0 Å². The minimum absolute atomic E-state index is 0.197. The molecule has 0 amide bonds. The highest BCUT2D eigenvalue weighted by Crippen LogP contribution is 2.34. The number of rotatable bonds is 5. The van der Waals surface area contributed by atoms with Gasteiger partial charge >= 0.3 is 0 Å². The molecular formula is C16H21NS. The minimum atomic E-state index is 0.197. The monoisotopic (exact) mass is 259 g/mol. The molecule has 0 fully saturated rings. The van der Waals surface area contributed by atoms with Gasteiger partial charge in [-0.2, -0.15) is 0 Å². The maximum absolute atomic E-state index is 6.18. The first-order chi connectivity index (χ1) is 8.76. The lowest BCUT2D eigenvalue weighted by molar-refractivity contribution is 0.648. The molecule has 2 N–H and O–H groups in total. The maximum Gasteiger partial charge on any atom is 0.0389 e. The highest BCUT2D eigenvalue weighted by Gasteiger charge is 2.10. The average molecular weight is 259 g/mol. The first kappa shape index (κ1) is 13.3. The average Bonchev–Trinajstić information content (AvgIpc) is 2.88. The van der Waals surface area contributed by atoms with E-state index in [2.05, 4.69) is 50.2 Å². The number of aryl methyl sites for hydroxylation is 1. The minimum Gasteiger partial charge on any atom is -0.323 e. The van der Waals surface area contributed by atoms with Crippen LogP contribution in [0.25, 0.3) is 10.4 Å². The molecule has 0 aliphatic rings. The van der Waals surface area contributed by atoms with E-state index in [1.807, 2.05) is 11.3 Å². The lowest BCUT2D eigenvalue weighted by atomic mass is 10.0. The molecule has 0 aliphatic carbocycles. The van der Waals surface area contributed by atoms with Crippen molar-refractivity contribution in [2.45, 2.75) is 39.2 Å². The molecule has 2 heteroatoms. The van der Waals surface area contributed by atoms with Crippen LogP contribution in [0.4, 0.5) is 0 Å². The van der Waals surface area contributed by atoms with Crippen molar-refractivity contribution in [1.82, 2.24) is 0 Å². The number of thiophene rings is 1. The van der Waals surface area contributed by atoms with Crippen LogP contribution < -0.4 is 5.73 Å². The summed E-state index contributed by atoms with van der Waals surface area (Å²) < 4.78 is 0. The van der Waals surface area contributed by atoms with E-state index in [0.717, 1.165) is 19.3 Å². The molecule has 1 atom stereocenters. The number of hydrogen-bond donors (Lipinski definition) is 1. The standard InChI is InChI=1S/C16H21NS/c1-3-7-14(17)16-11-10-15(18-16)13-9-6-5-8-12(13)4-2/h5-6,8-11,14H,3-4,7,17H2,1-2H3. The van der Waals surface area contributed by atoms with Crippen molar-refractivity contribution < 1.29 is 0 Å². The van der Waals surface area contributed by atoms with Crippen LogP contribution in [0.15, 0.2) is 36.4 Å². The molecule has 1 aromatic carbocycles. The number of hydrogen-bond acceptors (Lipinski definition) is 2. The summed E-state index contributed by atoms with van der Waals surface area (Å²) in [5.41, 5.74) is 8.95. The van der Waals surface area contributed by atoms with Crippen molar-refractivity contribution in [3.05, 3.63) is 46.8 Å². The van der Waals surface area contributed by atoms with Gasteiger partial charge in [-0.05, 0) is 36.1 Å². The molecule has 1 nitrogen and oxygen atoms in total. The molecule has 0 saturated carbocycles. The fraction of sp³-hybridized carbons (Fsp3) is 0.375. The van der Waals surface area contributed by atoms with Crippen LogP contribution >= 0.6 is 11.3 Å². The normalized spacial score (nSPS) is 12.6. The Labute approximate surface area is 114 Å². The summed E-state index contributed by atoms with van der Waals surface area (Å²) >= 11 is 1.84. The van der Waals surface area contributed by atoms with E-state index in [-0.39, 0.29) is 6.04 Å².